The Morgan fingerprint density at radius 2 is 2.00 bits per heavy atom. The van der Waals surface area contributed by atoms with Crippen LogP contribution in [0.2, 0.25) is 0 Å². The quantitative estimate of drug-likeness (QED) is 0.798. The van der Waals surface area contributed by atoms with Gasteiger partial charge in [-0.15, -0.1) is 0 Å². The maximum Gasteiger partial charge on any atom is 0.223 e. The van der Waals surface area contributed by atoms with Crippen LogP contribution in [0.1, 0.15) is 35.8 Å². The van der Waals surface area contributed by atoms with Crippen LogP contribution in [0.4, 0.5) is 0 Å². The highest BCUT2D eigenvalue weighted by Gasteiger charge is 2.28. The lowest BCUT2D eigenvalue weighted by atomic mass is 10.1. The van der Waals surface area contributed by atoms with E-state index in [-0.39, 0.29) is 11.9 Å². The van der Waals surface area contributed by atoms with E-state index in [1.54, 1.807) is 0 Å². The van der Waals surface area contributed by atoms with Crippen LogP contribution >= 0.6 is 0 Å². The van der Waals surface area contributed by atoms with Crippen molar-refractivity contribution in [3.8, 4) is 0 Å². The number of carbonyl (C=O) groups excluding carboxylic acids is 1. The number of para-hydroxylation sites is 2. The van der Waals surface area contributed by atoms with E-state index in [0.717, 1.165) is 29.7 Å². The number of amides is 1. The van der Waals surface area contributed by atoms with Crippen molar-refractivity contribution in [2.24, 2.45) is 0 Å². The topological polar surface area (TPSA) is 49.0 Å². The maximum absolute atomic E-state index is 12.6. The molecular weight excluding hydrogens is 298 g/mol. The summed E-state index contributed by atoms with van der Waals surface area (Å²) in [5, 5.41) is 0. The van der Waals surface area contributed by atoms with Gasteiger partial charge >= 0.3 is 0 Å². The number of nitrogens with one attached hydrogen (secondary N) is 1. The molecule has 1 aromatic heterocycles. The molecule has 0 aliphatic heterocycles. The van der Waals surface area contributed by atoms with Gasteiger partial charge in [0.05, 0.1) is 17.1 Å². The summed E-state index contributed by atoms with van der Waals surface area (Å²) >= 11 is 0. The molecule has 0 bridgehead atoms. The fraction of sp³-hybridized carbons (Fsp3) is 0.300. The molecule has 4 rings (SSSR count). The summed E-state index contributed by atoms with van der Waals surface area (Å²) < 4.78 is 0. The number of nitrogens with zero attached hydrogens (tertiary/aromatic N) is 2. The summed E-state index contributed by atoms with van der Waals surface area (Å²) in [5.41, 5.74) is 4.66. The molecule has 0 fully saturated rings. The smallest absolute Gasteiger partial charge is 0.223 e. The second-order valence-electron chi connectivity index (χ2n) is 6.46. The van der Waals surface area contributed by atoms with Gasteiger partial charge in [-0.05, 0) is 36.1 Å². The number of aromatic amines is 1. The molecule has 1 aliphatic rings. The van der Waals surface area contributed by atoms with E-state index in [2.05, 4.69) is 34.2 Å². The molecule has 0 saturated carbocycles. The normalized spacial score (nSPS) is 16.3. The molecule has 122 valence electrons. The SMILES string of the molecule is CN(C(=O)CCc1nc2ccccc2[nH]1)C1CCc2ccccc21. The zero-order valence-corrected chi connectivity index (χ0v) is 13.8. The fourth-order valence-corrected chi connectivity index (χ4v) is 3.64. The molecule has 1 aliphatic carbocycles. The van der Waals surface area contributed by atoms with Crippen LogP contribution in [0.25, 0.3) is 11.0 Å². The van der Waals surface area contributed by atoms with E-state index < -0.39 is 0 Å². The van der Waals surface area contributed by atoms with E-state index in [1.165, 1.54) is 11.1 Å². The molecule has 4 heteroatoms. The average Bonchev–Trinajstić information content (AvgIpc) is 3.22. The van der Waals surface area contributed by atoms with Crippen LogP contribution < -0.4 is 0 Å². The fourth-order valence-electron chi connectivity index (χ4n) is 3.64. The summed E-state index contributed by atoms with van der Waals surface area (Å²) in [6.07, 6.45) is 3.20. The van der Waals surface area contributed by atoms with Crippen LogP contribution in [0.5, 0.6) is 0 Å². The van der Waals surface area contributed by atoms with Gasteiger partial charge in [0, 0.05) is 19.9 Å². The van der Waals surface area contributed by atoms with Crippen LogP contribution in [0.15, 0.2) is 48.5 Å². The number of H-pyrrole nitrogens is 1. The van der Waals surface area contributed by atoms with Crippen molar-refractivity contribution in [2.75, 3.05) is 7.05 Å². The highest BCUT2D eigenvalue weighted by Crippen LogP contribution is 2.35. The van der Waals surface area contributed by atoms with Crippen LogP contribution in [0.3, 0.4) is 0 Å². The molecule has 1 unspecified atom stereocenters. The Hall–Kier alpha value is -2.62. The molecule has 1 heterocycles. The largest absolute Gasteiger partial charge is 0.342 e. The standard InChI is InChI=1S/C20H21N3O/c1-23(18-11-10-14-6-2-3-7-15(14)18)20(24)13-12-19-21-16-8-4-5-9-17(16)22-19/h2-9,18H,10-13H2,1H3,(H,21,22). The number of carbonyl (C=O) groups is 1. The lowest BCUT2D eigenvalue weighted by Gasteiger charge is -2.25. The molecule has 4 nitrogen and oxygen atoms in total. The summed E-state index contributed by atoms with van der Waals surface area (Å²) in [4.78, 5) is 22.4. The zero-order chi connectivity index (χ0) is 16.5. The number of aryl methyl sites for hydroxylation is 2. The summed E-state index contributed by atoms with van der Waals surface area (Å²) in [7, 11) is 1.92. The van der Waals surface area contributed by atoms with Crippen molar-refractivity contribution in [1.82, 2.24) is 14.9 Å². The van der Waals surface area contributed by atoms with Gasteiger partial charge in [0.2, 0.25) is 5.91 Å². The Kier molecular flexibility index (Phi) is 3.81. The van der Waals surface area contributed by atoms with Crippen molar-refractivity contribution in [2.45, 2.75) is 31.7 Å². The second kappa shape index (κ2) is 6.11. The van der Waals surface area contributed by atoms with Gasteiger partial charge in [0.25, 0.3) is 0 Å². The third-order valence-corrected chi connectivity index (χ3v) is 4.98. The predicted octanol–water partition coefficient (Wildman–Crippen LogP) is 3.64. The molecule has 0 saturated heterocycles. The third kappa shape index (κ3) is 2.68. The second-order valence-corrected chi connectivity index (χ2v) is 6.46. The number of benzene rings is 2. The number of rotatable bonds is 4. The lowest BCUT2D eigenvalue weighted by molar-refractivity contribution is -0.132. The molecule has 2 aromatic carbocycles. The molecule has 1 N–H and O–H groups in total. The van der Waals surface area contributed by atoms with E-state index in [4.69, 9.17) is 0 Å². The molecule has 1 atom stereocenters. The van der Waals surface area contributed by atoms with Gasteiger partial charge in [-0.3, -0.25) is 4.79 Å². The van der Waals surface area contributed by atoms with Crippen molar-refractivity contribution in [3.05, 3.63) is 65.5 Å². The monoisotopic (exact) mass is 319 g/mol. The molecular formula is C20H21N3O. The van der Waals surface area contributed by atoms with Crippen LogP contribution in [0, 0.1) is 0 Å². The highest BCUT2D eigenvalue weighted by molar-refractivity contribution is 5.77. The first-order valence-electron chi connectivity index (χ1n) is 8.49. The molecule has 0 radical (unpaired) electrons. The minimum absolute atomic E-state index is 0.178. The van der Waals surface area contributed by atoms with E-state index >= 15 is 0 Å². The first-order valence-corrected chi connectivity index (χ1v) is 8.49. The van der Waals surface area contributed by atoms with Crippen molar-refractivity contribution in [1.29, 1.82) is 0 Å². The minimum atomic E-state index is 0.178. The van der Waals surface area contributed by atoms with Crippen molar-refractivity contribution in [3.63, 3.8) is 0 Å². The number of hydrogen-bond acceptors (Lipinski definition) is 2. The van der Waals surface area contributed by atoms with Crippen LogP contribution in [-0.2, 0) is 17.6 Å². The van der Waals surface area contributed by atoms with E-state index in [0.29, 0.717) is 12.8 Å². The van der Waals surface area contributed by atoms with Gasteiger partial charge < -0.3 is 9.88 Å². The maximum atomic E-state index is 12.6. The number of fused-ring (bicyclic) bond motifs is 2. The summed E-state index contributed by atoms with van der Waals surface area (Å²) in [6, 6.07) is 16.6. The van der Waals surface area contributed by atoms with Gasteiger partial charge in [0.15, 0.2) is 0 Å². The van der Waals surface area contributed by atoms with Gasteiger partial charge in [-0.1, -0.05) is 36.4 Å². The Balaban J connectivity index is 1.43. The first kappa shape index (κ1) is 14.9. The Bertz CT molecular complexity index is 850. The number of imidazole rings is 1. The lowest BCUT2D eigenvalue weighted by Crippen LogP contribution is -2.30. The molecule has 24 heavy (non-hydrogen) atoms. The average molecular weight is 319 g/mol. The molecule has 3 aromatic rings. The molecule has 0 spiro atoms. The number of hydrogen-bond donors (Lipinski definition) is 1. The highest BCUT2D eigenvalue weighted by atomic mass is 16.2. The summed E-state index contributed by atoms with van der Waals surface area (Å²) in [5.74, 6) is 1.06. The van der Waals surface area contributed by atoms with Crippen molar-refractivity contribution < 1.29 is 4.79 Å². The van der Waals surface area contributed by atoms with Crippen molar-refractivity contribution >= 4 is 16.9 Å². The Morgan fingerprint density at radius 1 is 1.21 bits per heavy atom. The predicted molar refractivity (Wildman–Crippen MR) is 94.7 cm³/mol. The van der Waals surface area contributed by atoms with Gasteiger partial charge in [0.1, 0.15) is 5.82 Å². The van der Waals surface area contributed by atoms with Gasteiger partial charge in [-0.2, -0.15) is 0 Å². The third-order valence-electron chi connectivity index (χ3n) is 4.98. The minimum Gasteiger partial charge on any atom is -0.342 e. The van der Waals surface area contributed by atoms with Crippen LogP contribution in [-0.4, -0.2) is 27.8 Å². The summed E-state index contributed by atoms with van der Waals surface area (Å²) in [6.45, 7) is 0. The number of aromatic nitrogens is 2. The first-order chi connectivity index (χ1) is 11.7. The van der Waals surface area contributed by atoms with E-state index in [1.807, 2.05) is 36.2 Å². The van der Waals surface area contributed by atoms with E-state index in [9.17, 15) is 4.79 Å². The Morgan fingerprint density at radius 3 is 2.88 bits per heavy atom. The zero-order valence-electron chi connectivity index (χ0n) is 13.8. The van der Waals surface area contributed by atoms with Gasteiger partial charge in [-0.25, -0.2) is 4.98 Å². The Labute approximate surface area is 141 Å². The molecule has 1 amide bonds.